The maximum Gasteiger partial charge on any atom is 0.226 e. The Morgan fingerprint density at radius 3 is 2.73 bits per heavy atom. The van der Waals surface area contributed by atoms with Gasteiger partial charge in [0.2, 0.25) is 5.91 Å². The second-order valence-corrected chi connectivity index (χ2v) is 6.16. The molecule has 1 aromatic carbocycles. The minimum absolute atomic E-state index is 0.0348. The fourth-order valence-corrected chi connectivity index (χ4v) is 3.08. The van der Waals surface area contributed by atoms with Crippen molar-refractivity contribution in [3.05, 3.63) is 35.3 Å². The standard InChI is InChI=1S/C17H22N2O2S/c1-4-5-12(2)18-16(20)10-14-11-22-17(19-14)13-6-8-15(21-3)9-7-13/h6-9,11-12H,4-5,10H2,1-3H3,(H,18,20). The number of ether oxygens (including phenoxy) is 1. The fraction of sp³-hybridized carbons (Fsp3) is 0.412. The van der Waals surface area contributed by atoms with Crippen molar-refractivity contribution in [3.8, 4) is 16.3 Å². The maximum atomic E-state index is 12.0. The number of nitrogens with one attached hydrogen (secondary N) is 1. The summed E-state index contributed by atoms with van der Waals surface area (Å²) >= 11 is 1.56. The first kappa shape index (κ1) is 16.5. The van der Waals surface area contributed by atoms with Crippen LogP contribution in [0.5, 0.6) is 5.75 Å². The Labute approximate surface area is 135 Å². The van der Waals surface area contributed by atoms with Crippen molar-refractivity contribution in [1.82, 2.24) is 10.3 Å². The molecule has 1 amide bonds. The first-order chi connectivity index (χ1) is 10.6. The second kappa shape index (κ2) is 7.94. The van der Waals surface area contributed by atoms with Crippen molar-refractivity contribution in [3.63, 3.8) is 0 Å². The molecule has 1 aromatic heterocycles. The lowest BCUT2D eigenvalue weighted by atomic mass is 10.2. The van der Waals surface area contributed by atoms with Crippen LogP contribution in [0.3, 0.4) is 0 Å². The number of aromatic nitrogens is 1. The van der Waals surface area contributed by atoms with Crippen molar-refractivity contribution < 1.29 is 9.53 Å². The average molecular weight is 318 g/mol. The molecule has 0 bridgehead atoms. The van der Waals surface area contributed by atoms with Crippen molar-refractivity contribution in [2.75, 3.05) is 7.11 Å². The van der Waals surface area contributed by atoms with Crippen LogP contribution >= 0.6 is 11.3 Å². The SMILES string of the molecule is CCCC(C)NC(=O)Cc1csc(-c2ccc(OC)cc2)n1. The normalized spacial score (nSPS) is 12.0. The van der Waals surface area contributed by atoms with Gasteiger partial charge in [-0.2, -0.15) is 0 Å². The molecule has 0 radical (unpaired) electrons. The molecule has 1 atom stereocenters. The third kappa shape index (κ3) is 4.56. The zero-order valence-corrected chi connectivity index (χ0v) is 14.1. The molecule has 0 aliphatic carbocycles. The molecule has 0 saturated carbocycles. The third-order valence-electron chi connectivity index (χ3n) is 3.36. The predicted octanol–water partition coefficient (Wildman–Crippen LogP) is 3.67. The van der Waals surface area contributed by atoms with Crippen LogP contribution in [-0.4, -0.2) is 24.0 Å². The molecule has 0 fully saturated rings. The zero-order valence-electron chi connectivity index (χ0n) is 13.3. The molecule has 1 N–H and O–H groups in total. The van der Waals surface area contributed by atoms with E-state index in [1.54, 1.807) is 18.4 Å². The molecule has 1 unspecified atom stereocenters. The fourth-order valence-electron chi connectivity index (χ4n) is 2.25. The van der Waals surface area contributed by atoms with Crippen LogP contribution in [0.2, 0.25) is 0 Å². The molecule has 0 aliphatic rings. The Morgan fingerprint density at radius 2 is 2.09 bits per heavy atom. The smallest absolute Gasteiger partial charge is 0.226 e. The number of carbonyl (C=O) groups is 1. The van der Waals surface area contributed by atoms with E-state index in [1.165, 1.54) is 0 Å². The summed E-state index contributed by atoms with van der Waals surface area (Å²) < 4.78 is 5.15. The molecule has 0 aliphatic heterocycles. The molecular formula is C17H22N2O2S. The van der Waals surface area contributed by atoms with E-state index in [4.69, 9.17) is 4.74 Å². The van der Waals surface area contributed by atoms with E-state index < -0.39 is 0 Å². The largest absolute Gasteiger partial charge is 0.497 e. The van der Waals surface area contributed by atoms with Gasteiger partial charge in [0.25, 0.3) is 0 Å². The number of carbonyl (C=O) groups excluding carboxylic acids is 1. The average Bonchev–Trinajstić information content (AvgIpc) is 2.95. The van der Waals surface area contributed by atoms with Crippen molar-refractivity contribution in [2.24, 2.45) is 0 Å². The predicted molar refractivity (Wildman–Crippen MR) is 90.3 cm³/mol. The van der Waals surface area contributed by atoms with Gasteiger partial charge in [-0.3, -0.25) is 4.79 Å². The number of thiazole rings is 1. The highest BCUT2D eigenvalue weighted by Crippen LogP contribution is 2.25. The van der Waals surface area contributed by atoms with Crippen LogP contribution in [-0.2, 0) is 11.2 Å². The van der Waals surface area contributed by atoms with E-state index in [1.807, 2.05) is 36.6 Å². The topological polar surface area (TPSA) is 51.2 Å². The van der Waals surface area contributed by atoms with Gasteiger partial charge in [-0.1, -0.05) is 13.3 Å². The van der Waals surface area contributed by atoms with Gasteiger partial charge in [-0.15, -0.1) is 11.3 Å². The van der Waals surface area contributed by atoms with E-state index >= 15 is 0 Å². The van der Waals surface area contributed by atoms with Gasteiger partial charge in [-0.25, -0.2) is 4.98 Å². The van der Waals surface area contributed by atoms with Crippen molar-refractivity contribution in [2.45, 2.75) is 39.2 Å². The molecule has 4 nitrogen and oxygen atoms in total. The lowest BCUT2D eigenvalue weighted by Gasteiger charge is -2.11. The van der Waals surface area contributed by atoms with Crippen molar-refractivity contribution >= 4 is 17.2 Å². The van der Waals surface area contributed by atoms with Crippen molar-refractivity contribution in [1.29, 1.82) is 0 Å². The summed E-state index contributed by atoms with van der Waals surface area (Å²) in [4.78, 5) is 16.5. The summed E-state index contributed by atoms with van der Waals surface area (Å²) in [7, 11) is 1.65. The Balaban J connectivity index is 1.97. The summed E-state index contributed by atoms with van der Waals surface area (Å²) in [5.74, 6) is 0.859. The Kier molecular flexibility index (Phi) is 5.95. The van der Waals surface area contributed by atoms with Gasteiger partial charge in [0, 0.05) is 17.0 Å². The summed E-state index contributed by atoms with van der Waals surface area (Å²) in [6.45, 7) is 4.15. The number of nitrogens with zero attached hydrogens (tertiary/aromatic N) is 1. The van der Waals surface area contributed by atoms with Crippen LogP contribution in [0, 0.1) is 0 Å². The number of methoxy groups -OCH3 is 1. The van der Waals surface area contributed by atoms with E-state index in [-0.39, 0.29) is 11.9 Å². The first-order valence-corrected chi connectivity index (χ1v) is 8.38. The maximum absolute atomic E-state index is 12.0. The molecule has 1 heterocycles. The van der Waals surface area contributed by atoms with Gasteiger partial charge in [0.15, 0.2) is 0 Å². The van der Waals surface area contributed by atoms with E-state index in [2.05, 4.69) is 17.2 Å². The summed E-state index contributed by atoms with van der Waals surface area (Å²) in [6.07, 6.45) is 2.40. The Hall–Kier alpha value is -1.88. The highest BCUT2D eigenvalue weighted by molar-refractivity contribution is 7.13. The number of rotatable bonds is 7. The molecule has 118 valence electrons. The minimum atomic E-state index is 0.0348. The quantitative estimate of drug-likeness (QED) is 0.847. The van der Waals surface area contributed by atoms with Gasteiger partial charge in [-0.05, 0) is 37.6 Å². The first-order valence-electron chi connectivity index (χ1n) is 7.50. The van der Waals surface area contributed by atoms with Crippen LogP contribution in [0.25, 0.3) is 10.6 Å². The molecule has 0 spiro atoms. The van der Waals surface area contributed by atoms with E-state index in [9.17, 15) is 4.79 Å². The lowest BCUT2D eigenvalue weighted by Crippen LogP contribution is -2.33. The number of hydrogen-bond acceptors (Lipinski definition) is 4. The van der Waals surface area contributed by atoms with Gasteiger partial charge < -0.3 is 10.1 Å². The number of hydrogen-bond donors (Lipinski definition) is 1. The summed E-state index contributed by atoms with van der Waals surface area (Å²) in [5, 5.41) is 5.87. The molecule has 5 heteroatoms. The van der Waals surface area contributed by atoms with E-state index in [0.29, 0.717) is 6.42 Å². The van der Waals surface area contributed by atoms with Crippen LogP contribution < -0.4 is 10.1 Å². The highest BCUT2D eigenvalue weighted by Gasteiger charge is 2.11. The summed E-state index contributed by atoms with van der Waals surface area (Å²) in [6, 6.07) is 8.00. The molecular weight excluding hydrogens is 296 g/mol. The van der Waals surface area contributed by atoms with Crippen LogP contribution in [0.1, 0.15) is 32.4 Å². The lowest BCUT2D eigenvalue weighted by molar-refractivity contribution is -0.121. The van der Waals surface area contributed by atoms with Crippen LogP contribution in [0.15, 0.2) is 29.6 Å². The van der Waals surface area contributed by atoms with Gasteiger partial charge >= 0.3 is 0 Å². The zero-order chi connectivity index (χ0) is 15.9. The minimum Gasteiger partial charge on any atom is -0.497 e. The van der Waals surface area contributed by atoms with Gasteiger partial charge in [0.1, 0.15) is 10.8 Å². The second-order valence-electron chi connectivity index (χ2n) is 5.31. The Bertz CT molecular complexity index is 607. The third-order valence-corrected chi connectivity index (χ3v) is 4.30. The number of benzene rings is 1. The van der Waals surface area contributed by atoms with Crippen LogP contribution in [0.4, 0.5) is 0 Å². The number of amides is 1. The monoisotopic (exact) mass is 318 g/mol. The molecule has 2 aromatic rings. The summed E-state index contributed by atoms with van der Waals surface area (Å²) in [5.41, 5.74) is 1.86. The molecule has 2 rings (SSSR count). The Morgan fingerprint density at radius 1 is 1.36 bits per heavy atom. The molecule has 22 heavy (non-hydrogen) atoms. The highest BCUT2D eigenvalue weighted by atomic mass is 32.1. The van der Waals surface area contributed by atoms with Gasteiger partial charge in [0.05, 0.1) is 19.2 Å². The molecule has 0 saturated heterocycles. The van der Waals surface area contributed by atoms with E-state index in [0.717, 1.165) is 34.9 Å².